The van der Waals surface area contributed by atoms with Crippen LogP contribution in [0.25, 0.3) is 55.1 Å². The van der Waals surface area contributed by atoms with Crippen LogP contribution in [0.4, 0.5) is 0 Å². The highest BCUT2D eigenvalue weighted by molar-refractivity contribution is 6.21. The minimum atomic E-state index is 0.383. The molecule has 2 heterocycles. The van der Waals surface area contributed by atoms with Gasteiger partial charge in [-0.05, 0) is 42.0 Å². The summed E-state index contributed by atoms with van der Waals surface area (Å²) in [6.45, 7) is 7.73. The van der Waals surface area contributed by atoms with E-state index in [0.29, 0.717) is 11.5 Å². The Bertz CT molecular complexity index is 1830. The Morgan fingerprint density at radius 2 is 1.54 bits per heavy atom. The molecule has 0 spiro atoms. The van der Waals surface area contributed by atoms with Crippen LogP contribution in [0.15, 0.2) is 126 Å². The van der Waals surface area contributed by atoms with E-state index in [0.717, 1.165) is 49.6 Å². The van der Waals surface area contributed by atoms with Crippen molar-refractivity contribution in [3.05, 3.63) is 122 Å². The van der Waals surface area contributed by atoms with E-state index in [1.54, 1.807) is 18.2 Å². The maximum atomic E-state index is 6.42. The Hall–Kier alpha value is -4.83. The van der Waals surface area contributed by atoms with Crippen molar-refractivity contribution in [1.82, 2.24) is 4.57 Å². The van der Waals surface area contributed by atoms with E-state index in [2.05, 4.69) is 77.3 Å². The van der Waals surface area contributed by atoms with Crippen molar-refractivity contribution in [2.75, 3.05) is 0 Å². The van der Waals surface area contributed by atoms with Crippen LogP contribution in [0.5, 0.6) is 0 Å². The van der Waals surface area contributed by atoms with Crippen LogP contribution in [-0.4, -0.2) is 10.4 Å². The number of hydrogen-bond acceptors (Lipinski definition) is 2. The van der Waals surface area contributed by atoms with Gasteiger partial charge in [0, 0.05) is 27.2 Å². The number of amidine groups is 1. The quantitative estimate of drug-likeness (QED) is 0.165. The summed E-state index contributed by atoms with van der Waals surface area (Å²) >= 11 is 0. The zero-order valence-electron chi connectivity index (χ0n) is 19.1. The standard InChI is InChI=1S/C31H23N3O/c1-3-4-13-29(32)33-20(2)21-14-16-22(17-15-21)34-27-11-7-5-9-23(27)25-18-19-26-24-10-6-8-12-28(24)35-31(26)30(25)34/h3-19H,1-2H2,(H2,32,33)/b13-4-. The molecule has 0 aliphatic rings. The molecule has 168 valence electrons. The fraction of sp³-hybridized carbons (Fsp3) is 0. The number of benzene rings is 4. The molecule has 2 aromatic heterocycles. The highest BCUT2D eigenvalue weighted by Gasteiger charge is 2.18. The Balaban J connectivity index is 1.56. The van der Waals surface area contributed by atoms with Gasteiger partial charge < -0.3 is 14.7 Å². The van der Waals surface area contributed by atoms with E-state index in [4.69, 9.17) is 10.2 Å². The summed E-state index contributed by atoms with van der Waals surface area (Å²) in [5.74, 6) is 0.383. The van der Waals surface area contributed by atoms with Crippen molar-refractivity contribution < 1.29 is 4.42 Å². The molecule has 35 heavy (non-hydrogen) atoms. The minimum Gasteiger partial charge on any atom is -0.454 e. The normalized spacial score (nSPS) is 12.4. The predicted molar refractivity (Wildman–Crippen MR) is 148 cm³/mol. The summed E-state index contributed by atoms with van der Waals surface area (Å²) in [5, 5.41) is 4.57. The van der Waals surface area contributed by atoms with Gasteiger partial charge in [-0.25, -0.2) is 4.99 Å². The summed E-state index contributed by atoms with van der Waals surface area (Å²) in [5.41, 5.74) is 12.4. The number of nitrogens with zero attached hydrogens (tertiary/aromatic N) is 2. The van der Waals surface area contributed by atoms with Crippen molar-refractivity contribution >= 4 is 55.3 Å². The average molecular weight is 454 g/mol. The molecule has 0 aliphatic carbocycles. The van der Waals surface area contributed by atoms with Crippen LogP contribution in [0, 0.1) is 0 Å². The maximum Gasteiger partial charge on any atom is 0.160 e. The van der Waals surface area contributed by atoms with Gasteiger partial charge in [0.1, 0.15) is 11.4 Å². The predicted octanol–water partition coefficient (Wildman–Crippen LogP) is 7.75. The number of fused-ring (bicyclic) bond motifs is 7. The highest BCUT2D eigenvalue weighted by atomic mass is 16.3. The summed E-state index contributed by atoms with van der Waals surface area (Å²) in [6, 6.07) is 29.2. The first-order valence-electron chi connectivity index (χ1n) is 11.4. The number of aromatic nitrogens is 1. The largest absolute Gasteiger partial charge is 0.454 e. The summed E-state index contributed by atoms with van der Waals surface area (Å²) < 4.78 is 8.69. The number of allylic oxidation sites excluding steroid dienone is 2. The molecule has 0 atom stereocenters. The lowest BCUT2D eigenvalue weighted by Crippen LogP contribution is -2.07. The first-order valence-corrected chi connectivity index (χ1v) is 11.4. The highest BCUT2D eigenvalue weighted by Crippen LogP contribution is 2.40. The first kappa shape index (κ1) is 20.8. The molecule has 6 aromatic rings. The van der Waals surface area contributed by atoms with Gasteiger partial charge in [-0.3, -0.25) is 0 Å². The fourth-order valence-corrected chi connectivity index (χ4v) is 4.73. The number of rotatable bonds is 5. The van der Waals surface area contributed by atoms with E-state index >= 15 is 0 Å². The van der Waals surface area contributed by atoms with Gasteiger partial charge in [0.05, 0.1) is 16.7 Å². The van der Waals surface area contributed by atoms with Crippen molar-refractivity contribution in [2.45, 2.75) is 0 Å². The molecule has 0 bridgehead atoms. The summed E-state index contributed by atoms with van der Waals surface area (Å²) in [6.07, 6.45) is 5.10. The zero-order valence-corrected chi connectivity index (χ0v) is 19.1. The van der Waals surface area contributed by atoms with Gasteiger partial charge >= 0.3 is 0 Å². The minimum absolute atomic E-state index is 0.383. The van der Waals surface area contributed by atoms with Crippen LogP contribution >= 0.6 is 0 Å². The van der Waals surface area contributed by atoms with Crippen LogP contribution in [0.1, 0.15) is 5.56 Å². The second-order valence-corrected chi connectivity index (χ2v) is 8.41. The molecule has 0 amide bonds. The van der Waals surface area contributed by atoms with Gasteiger partial charge in [0.25, 0.3) is 0 Å². The summed E-state index contributed by atoms with van der Waals surface area (Å²) in [7, 11) is 0. The van der Waals surface area contributed by atoms with E-state index in [9.17, 15) is 0 Å². The SMILES string of the molecule is C=C/C=C\C(N)=NC(=C)c1ccc(-n2c3ccccc3c3ccc4c5ccccc5oc4c32)cc1. The lowest BCUT2D eigenvalue weighted by molar-refractivity contribution is 0.671. The van der Waals surface area contributed by atoms with Gasteiger partial charge in [0.2, 0.25) is 0 Å². The van der Waals surface area contributed by atoms with Crippen LogP contribution in [-0.2, 0) is 0 Å². The smallest absolute Gasteiger partial charge is 0.160 e. The monoisotopic (exact) mass is 453 g/mol. The molecular weight excluding hydrogens is 430 g/mol. The molecular formula is C31H23N3O. The van der Waals surface area contributed by atoms with E-state index < -0.39 is 0 Å². The maximum absolute atomic E-state index is 6.42. The third-order valence-corrected chi connectivity index (χ3v) is 6.31. The lowest BCUT2D eigenvalue weighted by atomic mass is 10.1. The number of furan rings is 1. The Labute approximate surface area is 202 Å². The number of hydrogen-bond donors (Lipinski definition) is 1. The number of para-hydroxylation sites is 2. The molecule has 4 heteroatoms. The van der Waals surface area contributed by atoms with Gasteiger partial charge in [-0.15, -0.1) is 0 Å². The van der Waals surface area contributed by atoms with Crippen molar-refractivity contribution in [2.24, 2.45) is 10.7 Å². The lowest BCUT2D eigenvalue weighted by Gasteiger charge is -2.09. The van der Waals surface area contributed by atoms with Gasteiger partial charge in [0.15, 0.2) is 5.58 Å². The molecule has 0 saturated heterocycles. The molecule has 2 N–H and O–H groups in total. The fourth-order valence-electron chi connectivity index (χ4n) is 4.73. The average Bonchev–Trinajstić information content (AvgIpc) is 3.43. The second kappa shape index (κ2) is 8.19. The van der Waals surface area contributed by atoms with Crippen molar-refractivity contribution in [3.63, 3.8) is 0 Å². The third-order valence-electron chi connectivity index (χ3n) is 6.31. The van der Waals surface area contributed by atoms with Crippen LogP contribution in [0.3, 0.4) is 0 Å². The van der Waals surface area contributed by atoms with Crippen molar-refractivity contribution in [1.29, 1.82) is 0 Å². The van der Waals surface area contributed by atoms with Crippen molar-refractivity contribution in [3.8, 4) is 5.69 Å². The molecule has 4 aromatic carbocycles. The Kier molecular flexibility index (Phi) is 4.86. The number of nitrogens with two attached hydrogens (primary N) is 1. The molecule has 6 rings (SSSR count). The van der Waals surface area contributed by atoms with Crippen LogP contribution in [0.2, 0.25) is 0 Å². The number of aliphatic imine (C=N–C) groups is 1. The van der Waals surface area contributed by atoms with E-state index in [1.807, 2.05) is 30.3 Å². The third kappa shape index (κ3) is 3.35. The van der Waals surface area contributed by atoms with Gasteiger partial charge in [-0.2, -0.15) is 0 Å². The molecule has 0 unspecified atom stereocenters. The molecule has 0 aliphatic heterocycles. The molecule has 4 nitrogen and oxygen atoms in total. The topological polar surface area (TPSA) is 56.4 Å². The van der Waals surface area contributed by atoms with E-state index in [1.165, 1.54) is 5.39 Å². The van der Waals surface area contributed by atoms with E-state index in [-0.39, 0.29) is 0 Å². The van der Waals surface area contributed by atoms with Crippen LogP contribution < -0.4 is 5.73 Å². The zero-order chi connectivity index (χ0) is 23.9. The molecule has 0 saturated carbocycles. The second-order valence-electron chi connectivity index (χ2n) is 8.41. The molecule has 0 fully saturated rings. The Morgan fingerprint density at radius 3 is 2.34 bits per heavy atom. The van der Waals surface area contributed by atoms with Gasteiger partial charge in [-0.1, -0.05) is 79.9 Å². The molecule has 0 radical (unpaired) electrons. The first-order chi connectivity index (χ1) is 17.2. The Morgan fingerprint density at radius 1 is 0.829 bits per heavy atom. The summed E-state index contributed by atoms with van der Waals surface area (Å²) in [4.78, 5) is 4.39.